The van der Waals surface area contributed by atoms with Gasteiger partial charge in [-0.25, -0.2) is 4.98 Å². The zero-order valence-corrected chi connectivity index (χ0v) is 15.4. The maximum Gasteiger partial charge on any atom is 0.181 e. The Kier molecular flexibility index (Phi) is 4.92. The molecule has 0 saturated carbocycles. The molecule has 0 aliphatic heterocycles. The van der Waals surface area contributed by atoms with Crippen molar-refractivity contribution in [3.63, 3.8) is 0 Å². The zero-order valence-electron chi connectivity index (χ0n) is 13.0. The van der Waals surface area contributed by atoms with Crippen LogP contribution in [0.2, 0.25) is 5.02 Å². The fraction of sp³-hybridized carbons (Fsp3) is 0.0556. The van der Waals surface area contributed by atoms with Gasteiger partial charge in [0.15, 0.2) is 5.09 Å². The van der Waals surface area contributed by atoms with Crippen LogP contribution in [0.5, 0.6) is 0 Å². The molecule has 4 aromatic rings. The van der Waals surface area contributed by atoms with Crippen LogP contribution in [-0.2, 0) is 5.75 Å². The molecule has 0 fully saturated rings. The van der Waals surface area contributed by atoms with Crippen molar-refractivity contribution >= 4 is 52.0 Å². The smallest absolute Gasteiger partial charge is 0.181 e. The third-order valence-electron chi connectivity index (χ3n) is 3.53. The molecule has 2 N–H and O–H groups in total. The number of benzene rings is 2. The van der Waals surface area contributed by atoms with Gasteiger partial charge in [0, 0.05) is 45.7 Å². The molecule has 2 aromatic heterocycles. The number of para-hydroxylation sites is 1. The lowest BCUT2D eigenvalue weighted by Gasteiger charge is -2.10. The highest BCUT2D eigenvalue weighted by Crippen LogP contribution is 2.35. The van der Waals surface area contributed by atoms with Crippen molar-refractivity contribution in [2.24, 2.45) is 0 Å². The Bertz CT molecular complexity index is 952. The molecule has 0 aliphatic carbocycles. The van der Waals surface area contributed by atoms with Crippen LogP contribution >= 0.6 is 35.3 Å². The number of nitrogens with zero attached hydrogens (tertiary/aromatic N) is 1. The van der Waals surface area contributed by atoms with Crippen LogP contribution < -0.4 is 4.72 Å². The zero-order chi connectivity index (χ0) is 17.1. The number of imidazole rings is 1. The van der Waals surface area contributed by atoms with Gasteiger partial charge in [-0.15, -0.1) is 11.8 Å². The van der Waals surface area contributed by atoms with E-state index in [1.165, 1.54) is 11.9 Å². The van der Waals surface area contributed by atoms with E-state index in [-0.39, 0.29) is 0 Å². The Labute approximate surface area is 158 Å². The quantitative estimate of drug-likeness (QED) is 0.304. The summed E-state index contributed by atoms with van der Waals surface area (Å²) in [6.07, 6.45) is 3.59. The van der Waals surface area contributed by atoms with Crippen molar-refractivity contribution in [1.29, 1.82) is 0 Å². The lowest BCUT2D eigenvalue weighted by Crippen LogP contribution is -1.90. The topological polar surface area (TPSA) is 53.9 Å². The summed E-state index contributed by atoms with van der Waals surface area (Å²) < 4.78 is 9.17. The Balaban J connectivity index is 1.49. The van der Waals surface area contributed by atoms with Crippen molar-refractivity contribution in [2.45, 2.75) is 15.7 Å². The predicted octanol–water partition coefficient (Wildman–Crippen LogP) is 6.22. The van der Waals surface area contributed by atoms with E-state index in [2.05, 4.69) is 14.7 Å². The largest absolute Gasteiger partial charge is 0.448 e. The Hall–Kier alpha value is -2.02. The first-order valence-corrected chi connectivity index (χ1v) is 9.78. The average Bonchev–Trinajstić information content (AvgIpc) is 3.28. The average molecular weight is 388 g/mol. The lowest BCUT2D eigenvalue weighted by molar-refractivity contribution is 0.515. The summed E-state index contributed by atoms with van der Waals surface area (Å²) in [5.41, 5.74) is 1.83. The van der Waals surface area contributed by atoms with Crippen molar-refractivity contribution < 1.29 is 4.42 Å². The van der Waals surface area contributed by atoms with Crippen LogP contribution in [-0.4, -0.2) is 9.97 Å². The molecule has 0 aliphatic rings. The van der Waals surface area contributed by atoms with E-state index < -0.39 is 0 Å². The van der Waals surface area contributed by atoms with Crippen molar-refractivity contribution in [1.82, 2.24) is 9.97 Å². The number of hydrogen-bond donors (Lipinski definition) is 2. The van der Waals surface area contributed by atoms with Gasteiger partial charge in [-0.2, -0.15) is 0 Å². The summed E-state index contributed by atoms with van der Waals surface area (Å²) in [5, 5.41) is 2.59. The van der Waals surface area contributed by atoms with Gasteiger partial charge in [-0.1, -0.05) is 29.8 Å². The number of halogens is 1. The van der Waals surface area contributed by atoms with E-state index >= 15 is 0 Å². The van der Waals surface area contributed by atoms with Crippen LogP contribution in [0.15, 0.2) is 75.3 Å². The number of fused-ring (bicyclic) bond motifs is 1. The third kappa shape index (κ3) is 3.98. The fourth-order valence-electron chi connectivity index (χ4n) is 2.34. The minimum Gasteiger partial charge on any atom is -0.448 e. The first kappa shape index (κ1) is 16.4. The molecule has 0 bridgehead atoms. The number of aromatic amines is 1. The molecule has 4 nitrogen and oxygen atoms in total. The summed E-state index contributed by atoms with van der Waals surface area (Å²) in [6.45, 7) is 0. The minimum absolute atomic E-state index is 0.690. The van der Waals surface area contributed by atoms with E-state index in [0.29, 0.717) is 5.02 Å². The van der Waals surface area contributed by atoms with Gasteiger partial charge in [-0.05, 0) is 24.3 Å². The molecule has 0 atom stereocenters. The molecule has 4 rings (SSSR count). The van der Waals surface area contributed by atoms with E-state index in [9.17, 15) is 0 Å². The van der Waals surface area contributed by atoms with Crippen LogP contribution in [0.1, 0.15) is 5.82 Å². The summed E-state index contributed by atoms with van der Waals surface area (Å²) in [7, 11) is 0. The van der Waals surface area contributed by atoms with Gasteiger partial charge in [0.2, 0.25) is 0 Å². The molecule has 0 saturated heterocycles. The van der Waals surface area contributed by atoms with Gasteiger partial charge in [0.05, 0.1) is 11.4 Å². The molecular formula is C18H14ClN3OS2. The van der Waals surface area contributed by atoms with Crippen LogP contribution in [0, 0.1) is 0 Å². The number of thioether (sulfide) groups is 1. The molecule has 2 heterocycles. The molecule has 0 radical (unpaired) electrons. The van der Waals surface area contributed by atoms with E-state index in [1.54, 1.807) is 18.0 Å². The first-order chi connectivity index (χ1) is 12.3. The number of nitrogens with one attached hydrogen (secondary N) is 2. The van der Waals surface area contributed by atoms with Crippen molar-refractivity contribution in [3.05, 3.63) is 71.8 Å². The minimum atomic E-state index is 0.690. The number of aromatic nitrogens is 2. The predicted molar refractivity (Wildman–Crippen MR) is 105 cm³/mol. The molecule has 2 aromatic carbocycles. The monoisotopic (exact) mass is 387 g/mol. The van der Waals surface area contributed by atoms with Crippen LogP contribution in [0.4, 0.5) is 5.69 Å². The Morgan fingerprint density at radius 3 is 2.92 bits per heavy atom. The second kappa shape index (κ2) is 7.47. The Morgan fingerprint density at radius 2 is 2.08 bits per heavy atom. The molecule has 0 amide bonds. The number of hydrogen-bond acceptors (Lipinski definition) is 5. The maximum atomic E-state index is 6.16. The number of H-pyrrole nitrogens is 1. The van der Waals surface area contributed by atoms with Gasteiger partial charge >= 0.3 is 0 Å². The van der Waals surface area contributed by atoms with E-state index in [4.69, 9.17) is 16.0 Å². The lowest BCUT2D eigenvalue weighted by atomic mass is 10.3. The second-order valence-corrected chi connectivity index (χ2v) is 7.54. The summed E-state index contributed by atoms with van der Waals surface area (Å²) in [5.74, 6) is 1.70. The standard InChI is InChI=1S/C18H14ClN3OS2/c19-13-5-6-16(24-11-17-20-7-8-21-17)14(10-13)22-25-18-9-12-3-1-2-4-15(12)23-18/h1-10,22H,11H2,(H,20,21). The van der Waals surface area contributed by atoms with Gasteiger partial charge in [0.1, 0.15) is 11.4 Å². The first-order valence-electron chi connectivity index (χ1n) is 7.60. The highest BCUT2D eigenvalue weighted by atomic mass is 35.5. The van der Waals surface area contributed by atoms with Crippen molar-refractivity contribution in [3.8, 4) is 0 Å². The maximum absolute atomic E-state index is 6.16. The fourth-order valence-corrected chi connectivity index (χ4v) is 4.16. The molecule has 126 valence electrons. The molecular weight excluding hydrogens is 374 g/mol. The highest BCUT2D eigenvalue weighted by Gasteiger charge is 2.09. The molecule has 0 spiro atoms. The number of rotatable bonds is 6. The highest BCUT2D eigenvalue weighted by molar-refractivity contribution is 8.01. The molecule has 0 unspecified atom stereocenters. The SMILES string of the molecule is Clc1ccc(SCc2ncc[nH]2)c(NSc2cc3ccccc3o2)c1. The van der Waals surface area contributed by atoms with E-state index in [1.807, 2.05) is 54.7 Å². The van der Waals surface area contributed by atoms with Gasteiger partial charge in [0.25, 0.3) is 0 Å². The van der Waals surface area contributed by atoms with Gasteiger partial charge in [-0.3, -0.25) is 0 Å². The van der Waals surface area contributed by atoms with E-state index in [0.717, 1.165) is 38.2 Å². The number of furan rings is 1. The third-order valence-corrected chi connectivity index (χ3v) is 5.57. The van der Waals surface area contributed by atoms with Gasteiger partial charge < -0.3 is 14.1 Å². The number of anilines is 1. The second-order valence-electron chi connectivity index (χ2n) is 5.27. The molecule has 7 heteroatoms. The Morgan fingerprint density at radius 1 is 1.16 bits per heavy atom. The normalized spacial score (nSPS) is 11.1. The summed E-state index contributed by atoms with van der Waals surface area (Å²) in [4.78, 5) is 8.47. The van der Waals surface area contributed by atoms with Crippen molar-refractivity contribution in [2.75, 3.05) is 4.72 Å². The summed E-state index contributed by atoms with van der Waals surface area (Å²) in [6, 6.07) is 15.8. The van der Waals surface area contributed by atoms with Crippen LogP contribution in [0.3, 0.4) is 0 Å². The summed E-state index contributed by atoms with van der Waals surface area (Å²) >= 11 is 9.29. The molecule has 25 heavy (non-hydrogen) atoms. The van der Waals surface area contributed by atoms with Crippen LogP contribution in [0.25, 0.3) is 11.0 Å².